The number of carbonyl (C=O) groups is 1. The van der Waals surface area contributed by atoms with E-state index < -0.39 is 0 Å². The first-order chi connectivity index (χ1) is 10.1. The van der Waals surface area contributed by atoms with Gasteiger partial charge in [-0.2, -0.15) is 0 Å². The Bertz CT molecular complexity index is 621. The summed E-state index contributed by atoms with van der Waals surface area (Å²) >= 11 is 0. The van der Waals surface area contributed by atoms with Gasteiger partial charge in [0, 0.05) is 25.2 Å². The van der Waals surface area contributed by atoms with Crippen molar-refractivity contribution in [2.24, 2.45) is 0 Å². The fraction of sp³-hybridized carbons (Fsp3) is 0.429. The molecule has 0 aromatic carbocycles. The number of rotatable bonds is 3. The van der Waals surface area contributed by atoms with Crippen LogP contribution in [-0.2, 0) is 0 Å². The molecule has 0 unspecified atom stereocenters. The Balaban J connectivity index is 1.66. The number of carbonyl (C=O) groups excluding carboxylic acids is 1. The third-order valence-electron chi connectivity index (χ3n) is 3.52. The molecule has 3 rings (SSSR count). The second-order valence-corrected chi connectivity index (χ2v) is 5.03. The Morgan fingerprint density at radius 2 is 2.33 bits per heavy atom. The van der Waals surface area contributed by atoms with Gasteiger partial charge < -0.3 is 14.2 Å². The van der Waals surface area contributed by atoms with Crippen molar-refractivity contribution >= 4 is 5.91 Å². The summed E-state index contributed by atoms with van der Waals surface area (Å²) in [5, 5.41) is 3.82. The molecule has 0 radical (unpaired) electrons. The molecule has 7 nitrogen and oxygen atoms in total. The topological polar surface area (TPSA) is 81.4 Å². The minimum Gasteiger partial charge on any atom is -0.472 e. The molecule has 1 amide bonds. The van der Waals surface area contributed by atoms with Crippen LogP contribution >= 0.6 is 0 Å². The highest BCUT2D eigenvalue weighted by molar-refractivity contribution is 5.96. The molecule has 1 aliphatic heterocycles. The van der Waals surface area contributed by atoms with Gasteiger partial charge in [0.15, 0.2) is 0 Å². The highest BCUT2D eigenvalue weighted by atomic mass is 16.5. The van der Waals surface area contributed by atoms with Crippen LogP contribution in [0.4, 0.5) is 0 Å². The maximum atomic E-state index is 12.5. The molecule has 110 valence electrons. The smallest absolute Gasteiger partial charge is 0.259 e. The summed E-state index contributed by atoms with van der Waals surface area (Å²) < 4.78 is 10.8. The predicted molar refractivity (Wildman–Crippen MR) is 72.9 cm³/mol. The van der Waals surface area contributed by atoms with Crippen LogP contribution in [-0.4, -0.2) is 45.1 Å². The first-order valence-electron chi connectivity index (χ1n) is 6.80. The fourth-order valence-corrected chi connectivity index (χ4v) is 2.47. The van der Waals surface area contributed by atoms with Crippen molar-refractivity contribution in [2.75, 3.05) is 13.1 Å². The van der Waals surface area contributed by atoms with Crippen molar-refractivity contribution < 1.29 is 14.1 Å². The first-order valence-corrected chi connectivity index (χ1v) is 6.80. The van der Waals surface area contributed by atoms with Crippen molar-refractivity contribution in [3.63, 3.8) is 0 Å². The van der Waals surface area contributed by atoms with Gasteiger partial charge in [-0.25, -0.2) is 9.97 Å². The van der Waals surface area contributed by atoms with E-state index in [4.69, 9.17) is 9.26 Å². The van der Waals surface area contributed by atoms with E-state index in [0.717, 1.165) is 6.42 Å². The minimum absolute atomic E-state index is 0.0516. The summed E-state index contributed by atoms with van der Waals surface area (Å²) in [5.74, 6) is 1.03. The van der Waals surface area contributed by atoms with Crippen molar-refractivity contribution in [1.29, 1.82) is 0 Å². The molecule has 1 atom stereocenters. The Kier molecular flexibility index (Phi) is 3.55. The lowest BCUT2D eigenvalue weighted by molar-refractivity contribution is 0.0768. The highest BCUT2D eigenvalue weighted by Crippen LogP contribution is 2.21. The standard InChI is InChI=1S/C14H16N4O3/c1-9-13(10(2)21-17-9)14(19)18-6-4-11(7-18)20-12-3-5-15-8-16-12/h3,5,8,11H,4,6-7H2,1-2H3/t11-/m0/s1. The average molecular weight is 288 g/mol. The number of likely N-dealkylation sites (tertiary alicyclic amines) is 1. The summed E-state index contributed by atoms with van der Waals surface area (Å²) in [6.07, 6.45) is 3.80. The van der Waals surface area contributed by atoms with Gasteiger partial charge in [-0.15, -0.1) is 0 Å². The molecular formula is C14H16N4O3. The van der Waals surface area contributed by atoms with Crippen LogP contribution in [0.2, 0.25) is 0 Å². The summed E-state index contributed by atoms with van der Waals surface area (Å²) in [7, 11) is 0. The lowest BCUT2D eigenvalue weighted by atomic mass is 10.2. The van der Waals surface area contributed by atoms with Crippen LogP contribution in [0.1, 0.15) is 28.2 Å². The lowest BCUT2D eigenvalue weighted by Gasteiger charge is -2.16. The minimum atomic E-state index is -0.0555. The van der Waals surface area contributed by atoms with E-state index in [9.17, 15) is 4.79 Å². The third kappa shape index (κ3) is 2.72. The van der Waals surface area contributed by atoms with Gasteiger partial charge in [-0.3, -0.25) is 4.79 Å². The Labute approximate surface area is 121 Å². The summed E-state index contributed by atoms with van der Waals surface area (Å²) in [6, 6.07) is 1.71. The van der Waals surface area contributed by atoms with Gasteiger partial charge in [0.25, 0.3) is 5.91 Å². The van der Waals surface area contributed by atoms with Crippen LogP contribution in [0.3, 0.4) is 0 Å². The molecule has 2 aromatic heterocycles. The zero-order valence-corrected chi connectivity index (χ0v) is 11.9. The number of hydrogen-bond acceptors (Lipinski definition) is 6. The number of aryl methyl sites for hydroxylation is 2. The summed E-state index contributed by atoms with van der Waals surface area (Å²) in [5.41, 5.74) is 1.18. The van der Waals surface area contributed by atoms with Crippen LogP contribution < -0.4 is 4.74 Å². The van der Waals surface area contributed by atoms with Crippen LogP contribution in [0.15, 0.2) is 23.1 Å². The summed E-state index contributed by atoms with van der Waals surface area (Å²) in [6.45, 7) is 4.71. The monoisotopic (exact) mass is 288 g/mol. The van der Waals surface area contributed by atoms with Gasteiger partial charge in [0.2, 0.25) is 5.88 Å². The molecule has 1 fully saturated rings. The molecule has 1 saturated heterocycles. The number of nitrogens with zero attached hydrogens (tertiary/aromatic N) is 4. The van der Waals surface area contributed by atoms with E-state index >= 15 is 0 Å². The molecule has 0 saturated carbocycles. The fourth-order valence-electron chi connectivity index (χ4n) is 2.47. The van der Waals surface area contributed by atoms with Gasteiger partial charge in [0.1, 0.15) is 23.8 Å². The molecule has 3 heterocycles. The van der Waals surface area contributed by atoms with Crippen molar-refractivity contribution in [2.45, 2.75) is 26.4 Å². The molecule has 7 heteroatoms. The normalized spacial score (nSPS) is 18.0. The van der Waals surface area contributed by atoms with Crippen molar-refractivity contribution in [1.82, 2.24) is 20.0 Å². The molecule has 2 aromatic rings. The molecule has 0 N–H and O–H groups in total. The van der Waals surface area contributed by atoms with Gasteiger partial charge in [0.05, 0.1) is 12.2 Å². The van der Waals surface area contributed by atoms with E-state index in [1.165, 1.54) is 6.33 Å². The summed E-state index contributed by atoms with van der Waals surface area (Å²) in [4.78, 5) is 22.1. The van der Waals surface area contributed by atoms with E-state index in [1.807, 2.05) is 0 Å². The van der Waals surface area contributed by atoms with Crippen molar-refractivity contribution in [3.8, 4) is 5.88 Å². The second-order valence-electron chi connectivity index (χ2n) is 5.03. The Hall–Kier alpha value is -2.44. The zero-order valence-electron chi connectivity index (χ0n) is 11.9. The van der Waals surface area contributed by atoms with Gasteiger partial charge >= 0.3 is 0 Å². The quantitative estimate of drug-likeness (QED) is 0.848. The van der Waals surface area contributed by atoms with Gasteiger partial charge in [-0.05, 0) is 13.8 Å². The number of aromatic nitrogens is 3. The predicted octanol–water partition coefficient (Wildman–Crippen LogP) is 1.37. The number of hydrogen-bond donors (Lipinski definition) is 0. The Morgan fingerprint density at radius 3 is 3.00 bits per heavy atom. The zero-order chi connectivity index (χ0) is 14.8. The molecular weight excluding hydrogens is 272 g/mol. The largest absolute Gasteiger partial charge is 0.472 e. The second kappa shape index (κ2) is 5.51. The SMILES string of the molecule is Cc1noc(C)c1C(=O)N1CC[C@H](Oc2ccncn2)C1. The maximum Gasteiger partial charge on any atom is 0.259 e. The van der Waals surface area contributed by atoms with E-state index in [0.29, 0.717) is 36.0 Å². The number of amides is 1. The van der Waals surface area contributed by atoms with E-state index in [2.05, 4.69) is 15.1 Å². The molecule has 21 heavy (non-hydrogen) atoms. The molecule has 0 bridgehead atoms. The van der Waals surface area contributed by atoms with E-state index in [-0.39, 0.29) is 12.0 Å². The van der Waals surface area contributed by atoms with Crippen LogP contribution in [0.5, 0.6) is 5.88 Å². The van der Waals surface area contributed by atoms with E-state index in [1.54, 1.807) is 31.0 Å². The Morgan fingerprint density at radius 1 is 1.48 bits per heavy atom. The highest BCUT2D eigenvalue weighted by Gasteiger charge is 2.31. The molecule has 0 spiro atoms. The van der Waals surface area contributed by atoms with Crippen molar-refractivity contribution in [3.05, 3.63) is 35.6 Å². The number of ether oxygens (including phenoxy) is 1. The molecule has 1 aliphatic rings. The third-order valence-corrected chi connectivity index (χ3v) is 3.52. The molecule has 0 aliphatic carbocycles. The van der Waals surface area contributed by atoms with Gasteiger partial charge in [-0.1, -0.05) is 5.16 Å². The van der Waals surface area contributed by atoms with Crippen LogP contribution in [0.25, 0.3) is 0 Å². The lowest BCUT2D eigenvalue weighted by Crippen LogP contribution is -2.31. The first kappa shape index (κ1) is 13.5. The average Bonchev–Trinajstić information content (AvgIpc) is 3.07. The maximum absolute atomic E-state index is 12.5. The van der Waals surface area contributed by atoms with Crippen LogP contribution in [0, 0.1) is 13.8 Å².